The number of nitrogens with zero attached hydrogens (tertiary/aromatic N) is 2. The summed E-state index contributed by atoms with van der Waals surface area (Å²) in [6.45, 7) is 1.55. The molecular weight excluding hydrogens is 260 g/mol. The van der Waals surface area contributed by atoms with Crippen LogP contribution < -0.4 is 11.3 Å². The largest absolute Gasteiger partial charge is 0.295 e. The summed E-state index contributed by atoms with van der Waals surface area (Å²) in [4.78, 5) is 19.5. The maximum atomic E-state index is 11.4. The summed E-state index contributed by atoms with van der Waals surface area (Å²) in [7, 11) is 2.02. The SMILES string of the molecule is CN(Cc1ccccn1)Cc1ccc(C(=O)NN)s1. The number of hydrogen-bond acceptors (Lipinski definition) is 5. The third-order valence-electron chi connectivity index (χ3n) is 2.60. The highest BCUT2D eigenvalue weighted by Gasteiger charge is 2.09. The maximum Gasteiger partial charge on any atom is 0.275 e. The lowest BCUT2D eigenvalue weighted by Gasteiger charge is -2.14. The predicted octanol–water partition coefficient (Wildman–Crippen LogP) is 1.38. The molecule has 5 nitrogen and oxygen atoms in total. The van der Waals surface area contributed by atoms with Crippen molar-refractivity contribution in [1.29, 1.82) is 0 Å². The summed E-state index contributed by atoms with van der Waals surface area (Å²) in [6.07, 6.45) is 1.79. The second-order valence-corrected chi connectivity index (χ2v) is 5.40. The number of hydrazine groups is 1. The van der Waals surface area contributed by atoms with E-state index < -0.39 is 0 Å². The molecule has 0 spiro atoms. The minimum atomic E-state index is -0.247. The third-order valence-corrected chi connectivity index (χ3v) is 3.67. The molecule has 19 heavy (non-hydrogen) atoms. The minimum Gasteiger partial charge on any atom is -0.295 e. The number of hydrogen-bond donors (Lipinski definition) is 2. The first kappa shape index (κ1) is 13.7. The molecule has 0 saturated heterocycles. The Balaban J connectivity index is 1.94. The highest BCUT2D eigenvalue weighted by molar-refractivity contribution is 7.14. The Morgan fingerprint density at radius 2 is 2.21 bits per heavy atom. The van der Waals surface area contributed by atoms with Crippen LogP contribution in [0.3, 0.4) is 0 Å². The van der Waals surface area contributed by atoms with Gasteiger partial charge in [-0.3, -0.25) is 20.1 Å². The van der Waals surface area contributed by atoms with Crippen LogP contribution in [0.5, 0.6) is 0 Å². The van der Waals surface area contributed by atoms with Gasteiger partial charge in [0.1, 0.15) is 0 Å². The van der Waals surface area contributed by atoms with E-state index in [0.29, 0.717) is 4.88 Å². The summed E-state index contributed by atoms with van der Waals surface area (Å²) in [6, 6.07) is 9.62. The van der Waals surface area contributed by atoms with Crippen molar-refractivity contribution in [2.24, 2.45) is 5.84 Å². The van der Waals surface area contributed by atoms with Gasteiger partial charge in [-0.05, 0) is 31.3 Å². The smallest absolute Gasteiger partial charge is 0.275 e. The third kappa shape index (κ3) is 3.85. The molecule has 0 atom stereocenters. The Morgan fingerprint density at radius 1 is 1.37 bits per heavy atom. The zero-order chi connectivity index (χ0) is 13.7. The number of rotatable bonds is 5. The van der Waals surface area contributed by atoms with Crippen LogP contribution in [-0.4, -0.2) is 22.8 Å². The van der Waals surface area contributed by atoms with Gasteiger partial charge in [-0.15, -0.1) is 11.3 Å². The van der Waals surface area contributed by atoms with Gasteiger partial charge in [-0.25, -0.2) is 5.84 Å². The molecule has 0 aliphatic carbocycles. The molecule has 100 valence electrons. The Bertz CT molecular complexity index is 541. The van der Waals surface area contributed by atoms with Crippen LogP contribution in [0.1, 0.15) is 20.2 Å². The first-order valence-electron chi connectivity index (χ1n) is 5.87. The molecule has 2 rings (SSSR count). The lowest BCUT2D eigenvalue weighted by atomic mass is 10.3. The van der Waals surface area contributed by atoms with Crippen molar-refractivity contribution in [3.05, 3.63) is 52.0 Å². The van der Waals surface area contributed by atoms with Crippen LogP contribution in [0.15, 0.2) is 36.5 Å². The topological polar surface area (TPSA) is 71.2 Å². The number of carbonyl (C=O) groups is 1. The van der Waals surface area contributed by atoms with Gasteiger partial charge in [0.25, 0.3) is 5.91 Å². The molecule has 0 bridgehead atoms. The van der Waals surface area contributed by atoms with Crippen molar-refractivity contribution in [3.63, 3.8) is 0 Å². The second kappa shape index (κ2) is 6.42. The molecular formula is C13H16N4OS. The number of carbonyl (C=O) groups excluding carboxylic acids is 1. The van der Waals surface area contributed by atoms with E-state index in [0.717, 1.165) is 23.7 Å². The van der Waals surface area contributed by atoms with Crippen LogP contribution in [-0.2, 0) is 13.1 Å². The molecule has 0 aliphatic heterocycles. The number of nitrogen functional groups attached to an aromatic ring is 1. The molecule has 2 heterocycles. The number of amides is 1. The molecule has 6 heteroatoms. The van der Waals surface area contributed by atoms with Crippen molar-refractivity contribution < 1.29 is 4.79 Å². The normalized spacial score (nSPS) is 10.7. The van der Waals surface area contributed by atoms with E-state index in [2.05, 4.69) is 15.3 Å². The summed E-state index contributed by atoms with van der Waals surface area (Å²) in [5.41, 5.74) is 3.16. The van der Waals surface area contributed by atoms with Gasteiger partial charge in [-0.2, -0.15) is 0 Å². The van der Waals surface area contributed by atoms with E-state index in [-0.39, 0.29) is 5.91 Å². The number of thiophene rings is 1. The van der Waals surface area contributed by atoms with Crippen molar-refractivity contribution in [3.8, 4) is 0 Å². The highest BCUT2D eigenvalue weighted by atomic mass is 32.1. The van der Waals surface area contributed by atoms with Crippen LogP contribution in [0.2, 0.25) is 0 Å². The van der Waals surface area contributed by atoms with Gasteiger partial charge in [0.2, 0.25) is 0 Å². The molecule has 2 aromatic heterocycles. The summed E-state index contributed by atoms with van der Waals surface area (Å²) in [5.74, 6) is 4.86. The van der Waals surface area contributed by atoms with Gasteiger partial charge < -0.3 is 0 Å². The predicted molar refractivity (Wildman–Crippen MR) is 75.4 cm³/mol. The quantitative estimate of drug-likeness (QED) is 0.492. The van der Waals surface area contributed by atoms with Crippen molar-refractivity contribution >= 4 is 17.2 Å². The van der Waals surface area contributed by atoms with Crippen LogP contribution in [0, 0.1) is 0 Å². The molecule has 1 amide bonds. The van der Waals surface area contributed by atoms with Gasteiger partial charge in [0.15, 0.2) is 0 Å². The first-order valence-corrected chi connectivity index (χ1v) is 6.69. The van der Waals surface area contributed by atoms with Crippen molar-refractivity contribution in [2.45, 2.75) is 13.1 Å². The Labute approximate surface area is 116 Å². The monoisotopic (exact) mass is 276 g/mol. The lowest BCUT2D eigenvalue weighted by Crippen LogP contribution is -2.29. The van der Waals surface area contributed by atoms with Crippen molar-refractivity contribution in [2.75, 3.05) is 7.05 Å². The maximum absolute atomic E-state index is 11.4. The highest BCUT2D eigenvalue weighted by Crippen LogP contribution is 2.18. The molecule has 2 aromatic rings. The van der Waals surface area contributed by atoms with E-state index in [1.807, 2.05) is 31.3 Å². The zero-order valence-electron chi connectivity index (χ0n) is 10.7. The average Bonchev–Trinajstić information content (AvgIpc) is 2.87. The number of nitrogens with two attached hydrogens (primary N) is 1. The standard InChI is InChI=1S/C13H16N4OS/c1-17(8-10-4-2-3-7-15-10)9-11-5-6-12(19-11)13(18)16-14/h2-7H,8-9,14H2,1H3,(H,16,18). The van der Waals surface area contributed by atoms with Crippen LogP contribution in [0.25, 0.3) is 0 Å². The summed E-state index contributed by atoms with van der Waals surface area (Å²) >= 11 is 1.45. The molecule has 0 aromatic carbocycles. The molecule has 0 radical (unpaired) electrons. The molecule has 3 N–H and O–H groups in total. The summed E-state index contributed by atoms with van der Waals surface area (Å²) in [5, 5.41) is 0. The Hall–Kier alpha value is -1.76. The van der Waals surface area contributed by atoms with E-state index in [9.17, 15) is 4.79 Å². The minimum absolute atomic E-state index is 0.247. The average molecular weight is 276 g/mol. The zero-order valence-corrected chi connectivity index (χ0v) is 11.5. The molecule has 0 unspecified atom stereocenters. The number of nitrogens with one attached hydrogen (secondary N) is 1. The van der Waals surface area contributed by atoms with Crippen LogP contribution >= 0.6 is 11.3 Å². The fourth-order valence-electron chi connectivity index (χ4n) is 1.75. The van der Waals surface area contributed by atoms with Gasteiger partial charge in [0.05, 0.1) is 10.6 Å². The molecule has 0 aliphatic rings. The van der Waals surface area contributed by atoms with E-state index in [1.54, 1.807) is 12.3 Å². The number of pyridine rings is 1. The van der Waals surface area contributed by atoms with Crippen LogP contribution in [0.4, 0.5) is 0 Å². The fourth-order valence-corrected chi connectivity index (χ4v) is 2.74. The molecule has 0 saturated carbocycles. The number of aromatic nitrogens is 1. The fraction of sp³-hybridized carbons (Fsp3) is 0.231. The van der Waals surface area contributed by atoms with Gasteiger partial charge in [-0.1, -0.05) is 6.07 Å². The Morgan fingerprint density at radius 3 is 2.89 bits per heavy atom. The van der Waals surface area contributed by atoms with E-state index in [1.165, 1.54) is 11.3 Å². The van der Waals surface area contributed by atoms with Gasteiger partial charge >= 0.3 is 0 Å². The first-order chi connectivity index (χ1) is 9.19. The second-order valence-electron chi connectivity index (χ2n) is 4.23. The van der Waals surface area contributed by atoms with Crippen molar-refractivity contribution in [1.82, 2.24) is 15.3 Å². The lowest BCUT2D eigenvalue weighted by molar-refractivity contribution is 0.0957. The van der Waals surface area contributed by atoms with Gasteiger partial charge in [0, 0.05) is 24.2 Å². The Kier molecular flexibility index (Phi) is 4.62. The van der Waals surface area contributed by atoms with E-state index >= 15 is 0 Å². The molecule has 0 fully saturated rings. The van der Waals surface area contributed by atoms with E-state index in [4.69, 9.17) is 5.84 Å². The summed E-state index contributed by atoms with van der Waals surface area (Å²) < 4.78 is 0.